The monoisotopic (exact) mass is 273 g/mol. The van der Waals surface area contributed by atoms with Gasteiger partial charge in [-0.25, -0.2) is 9.78 Å². The van der Waals surface area contributed by atoms with Crippen LogP contribution in [-0.4, -0.2) is 39.4 Å². The molecular weight excluding hydrogens is 262 g/mol. The summed E-state index contributed by atoms with van der Waals surface area (Å²) < 4.78 is 0. The molecular formula is C9H11N3O3S2. The van der Waals surface area contributed by atoms with Crippen LogP contribution in [0.1, 0.15) is 12.1 Å². The van der Waals surface area contributed by atoms with Gasteiger partial charge in [0.15, 0.2) is 5.13 Å². The van der Waals surface area contributed by atoms with Crippen LogP contribution in [0.2, 0.25) is 0 Å². The summed E-state index contributed by atoms with van der Waals surface area (Å²) in [5.41, 5.74) is 5.49. The third-order valence-corrected chi connectivity index (χ3v) is 3.95. The first-order valence-corrected chi connectivity index (χ1v) is 6.96. The quantitative estimate of drug-likeness (QED) is 0.628. The summed E-state index contributed by atoms with van der Waals surface area (Å²) in [5, 5.41) is 14.6. The summed E-state index contributed by atoms with van der Waals surface area (Å²) in [6, 6.07) is 0. The van der Waals surface area contributed by atoms with Crippen molar-refractivity contribution < 1.29 is 14.7 Å². The first-order chi connectivity index (χ1) is 8.16. The number of thioether (sulfide) groups is 1. The molecule has 0 aromatic carbocycles. The van der Waals surface area contributed by atoms with Crippen molar-refractivity contribution in [3.63, 3.8) is 0 Å². The molecule has 0 saturated carbocycles. The molecule has 92 valence electrons. The van der Waals surface area contributed by atoms with Crippen LogP contribution in [0.4, 0.5) is 5.13 Å². The molecule has 8 heteroatoms. The number of oxime groups is 1. The van der Waals surface area contributed by atoms with Crippen LogP contribution in [-0.2, 0) is 9.63 Å². The summed E-state index contributed by atoms with van der Waals surface area (Å²) in [6.07, 6.45) is 0.880. The molecule has 1 fully saturated rings. The van der Waals surface area contributed by atoms with Gasteiger partial charge >= 0.3 is 5.97 Å². The van der Waals surface area contributed by atoms with Gasteiger partial charge in [0.2, 0.25) is 5.71 Å². The van der Waals surface area contributed by atoms with Crippen molar-refractivity contribution in [3.8, 4) is 0 Å². The number of hydrogen-bond donors (Lipinski definition) is 2. The van der Waals surface area contributed by atoms with Gasteiger partial charge in [0, 0.05) is 11.1 Å². The Labute approximate surface area is 106 Å². The van der Waals surface area contributed by atoms with Gasteiger partial charge in [0.05, 0.1) is 0 Å². The van der Waals surface area contributed by atoms with E-state index in [0.717, 1.165) is 17.9 Å². The predicted octanol–water partition coefficient (Wildman–Crippen LogP) is 1.04. The normalized spacial score (nSPS) is 20.5. The number of carboxylic acid groups (broad SMARTS) is 1. The fourth-order valence-electron chi connectivity index (χ4n) is 1.32. The van der Waals surface area contributed by atoms with Gasteiger partial charge in [-0.2, -0.15) is 11.8 Å². The van der Waals surface area contributed by atoms with Crippen molar-refractivity contribution in [2.45, 2.75) is 12.5 Å². The van der Waals surface area contributed by atoms with Crippen molar-refractivity contribution in [1.82, 2.24) is 4.98 Å². The molecule has 1 aliphatic rings. The van der Waals surface area contributed by atoms with E-state index in [0.29, 0.717) is 5.13 Å². The molecule has 0 amide bonds. The van der Waals surface area contributed by atoms with Crippen LogP contribution in [0, 0.1) is 0 Å². The third-order valence-electron chi connectivity index (χ3n) is 2.15. The maximum Gasteiger partial charge on any atom is 0.360 e. The molecule has 6 nitrogen and oxygen atoms in total. The number of nitrogens with zero attached hydrogens (tertiary/aromatic N) is 2. The summed E-state index contributed by atoms with van der Waals surface area (Å²) in [5.74, 6) is 0.697. The zero-order chi connectivity index (χ0) is 12.3. The Hall–Kier alpha value is -1.28. The Kier molecular flexibility index (Phi) is 3.85. The zero-order valence-corrected chi connectivity index (χ0v) is 10.5. The van der Waals surface area contributed by atoms with E-state index in [1.54, 1.807) is 17.1 Å². The molecule has 0 aliphatic carbocycles. The summed E-state index contributed by atoms with van der Waals surface area (Å²) in [6.45, 7) is 0. The van der Waals surface area contributed by atoms with Gasteiger partial charge in [-0.15, -0.1) is 11.3 Å². The number of aromatic nitrogens is 1. The number of nitrogens with two attached hydrogens (primary N) is 1. The minimum atomic E-state index is -1.17. The Morgan fingerprint density at radius 1 is 1.71 bits per heavy atom. The first kappa shape index (κ1) is 12.2. The van der Waals surface area contributed by atoms with Crippen molar-refractivity contribution in [2.24, 2.45) is 5.16 Å². The zero-order valence-electron chi connectivity index (χ0n) is 8.83. The molecule has 1 saturated heterocycles. The van der Waals surface area contributed by atoms with Gasteiger partial charge in [-0.05, 0) is 12.2 Å². The largest absolute Gasteiger partial charge is 0.476 e. The molecule has 2 heterocycles. The molecule has 1 unspecified atom stereocenters. The topological polar surface area (TPSA) is 97.8 Å². The number of anilines is 1. The van der Waals surface area contributed by atoms with Crippen molar-refractivity contribution in [1.29, 1.82) is 0 Å². The molecule has 0 bridgehead atoms. The van der Waals surface area contributed by atoms with E-state index in [4.69, 9.17) is 15.7 Å². The van der Waals surface area contributed by atoms with E-state index in [1.807, 2.05) is 0 Å². The Bertz CT molecular complexity index is 440. The second-order valence-electron chi connectivity index (χ2n) is 3.41. The Morgan fingerprint density at radius 3 is 3.06 bits per heavy atom. The van der Waals surface area contributed by atoms with E-state index in [2.05, 4.69) is 10.1 Å². The minimum Gasteiger partial charge on any atom is -0.476 e. The molecule has 0 radical (unpaired) electrons. The predicted molar refractivity (Wildman–Crippen MR) is 67.5 cm³/mol. The number of thiazole rings is 1. The highest BCUT2D eigenvalue weighted by molar-refractivity contribution is 7.99. The van der Waals surface area contributed by atoms with E-state index < -0.39 is 5.97 Å². The number of carbonyl (C=O) groups is 1. The average molecular weight is 273 g/mol. The highest BCUT2D eigenvalue weighted by Gasteiger charge is 2.20. The average Bonchev–Trinajstić information content (AvgIpc) is 2.90. The van der Waals surface area contributed by atoms with Crippen molar-refractivity contribution >= 4 is 39.9 Å². The van der Waals surface area contributed by atoms with E-state index >= 15 is 0 Å². The second kappa shape index (κ2) is 5.37. The highest BCUT2D eigenvalue weighted by Crippen LogP contribution is 2.20. The Morgan fingerprint density at radius 2 is 2.53 bits per heavy atom. The van der Waals surface area contributed by atoms with Crippen LogP contribution < -0.4 is 5.73 Å². The second-order valence-corrected chi connectivity index (χ2v) is 5.45. The summed E-state index contributed by atoms with van der Waals surface area (Å²) in [4.78, 5) is 20.1. The molecule has 17 heavy (non-hydrogen) atoms. The summed E-state index contributed by atoms with van der Waals surface area (Å²) in [7, 11) is 0. The highest BCUT2D eigenvalue weighted by atomic mass is 32.2. The first-order valence-electron chi connectivity index (χ1n) is 4.93. The van der Waals surface area contributed by atoms with Crippen LogP contribution >= 0.6 is 23.1 Å². The lowest BCUT2D eigenvalue weighted by Crippen LogP contribution is -2.18. The molecule has 0 spiro atoms. The number of aliphatic carboxylic acids is 1. The molecule has 3 N–H and O–H groups in total. The lowest BCUT2D eigenvalue weighted by Gasteiger charge is -2.06. The van der Waals surface area contributed by atoms with Crippen molar-refractivity contribution in [2.75, 3.05) is 17.2 Å². The third kappa shape index (κ3) is 3.10. The molecule has 1 aromatic rings. The number of hydrogen-bond acceptors (Lipinski definition) is 7. The van der Waals surface area contributed by atoms with Crippen LogP contribution in [0.5, 0.6) is 0 Å². The fourth-order valence-corrected chi connectivity index (χ4v) is 2.95. The maximum absolute atomic E-state index is 11.0. The molecule has 1 aromatic heterocycles. The lowest BCUT2D eigenvalue weighted by atomic mass is 10.3. The molecule has 2 rings (SSSR count). The SMILES string of the molecule is Nc1nc(/C(=N/OC2CCSC2)C(=O)O)cs1. The maximum atomic E-state index is 11.0. The standard InChI is InChI=1S/C9H11N3O3S2/c10-9-11-6(4-17-9)7(8(13)14)12-15-5-1-2-16-3-5/h4-5H,1-3H2,(H2,10,11)(H,13,14)/b12-7-. The number of nitrogen functional groups attached to an aromatic ring is 1. The summed E-state index contributed by atoms with van der Waals surface area (Å²) >= 11 is 2.94. The molecule has 1 atom stereocenters. The van der Waals surface area contributed by atoms with Gasteiger partial charge in [-0.1, -0.05) is 5.16 Å². The van der Waals surface area contributed by atoms with Gasteiger partial charge in [-0.3, -0.25) is 0 Å². The fraction of sp³-hybridized carbons (Fsp3) is 0.444. The Balaban J connectivity index is 2.11. The van der Waals surface area contributed by atoms with E-state index in [1.165, 1.54) is 11.3 Å². The van der Waals surface area contributed by atoms with E-state index in [9.17, 15) is 4.79 Å². The van der Waals surface area contributed by atoms with Gasteiger partial charge in [0.25, 0.3) is 0 Å². The van der Waals surface area contributed by atoms with Crippen LogP contribution in [0.25, 0.3) is 0 Å². The van der Waals surface area contributed by atoms with Crippen LogP contribution in [0.3, 0.4) is 0 Å². The number of rotatable bonds is 4. The van der Waals surface area contributed by atoms with Gasteiger partial charge < -0.3 is 15.7 Å². The van der Waals surface area contributed by atoms with Crippen LogP contribution in [0.15, 0.2) is 10.5 Å². The number of carboxylic acids is 1. The molecule has 1 aliphatic heterocycles. The van der Waals surface area contributed by atoms with Crippen molar-refractivity contribution in [3.05, 3.63) is 11.1 Å². The van der Waals surface area contributed by atoms with Gasteiger partial charge in [0.1, 0.15) is 11.8 Å². The lowest BCUT2D eigenvalue weighted by molar-refractivity contribution is -0.129. The minimum absolute atomic E-state index is 0.00895. The smallest absolute Gasteiger partial charge is 0.360 e. The van der Waals surface area contributed by atoms with E-state index in [-0.39, 0.29) is 17.5 Å².